The molecule has 1 aromatic carbocycles. The van der Waals surface area contributed by atoms with Gasteiger partial charge < -0.3 is 14.4 Å². The Morgan fingerprint density at radius 3 is 2.76 bits per heavy atom. The van der Waals surface area contributed by atoms with E-state index in [0.29, 0.717) is 23.6 Å². The molecule has 1 aliphatic rings. The van der Waals surface area contributed by atoms with Crippen LogP contribution in [0.3, 0.4) is 0 Å². The highest BCUT2D eigenvalue weighted by molar-refractivity contribution is 5.97. The van der Waals surface area contributed by atoms with Gasteiger partial charge in [-0.2, -0.15) is 5.10 Å². The molecule has 25 heavy (non-hydrogen) atoms. The largest absolute Gasteiger partial charge is 0.493 e. The fraction of sp³-hybridized carbons (Fsp3) is 0.444. The lowest BCUT2D eigenvalue weighted by Gasteiger charge is -2.23. The summed E-state index contributed by atoms with van der Waals surface area (Å²) in [6.07, 6.45) is 2.70. The molecule has 1 fully saturated rings. The minimum absolute atomic E-state index is 0.0147. The molecule has 2 heterocycles. The molecule has 2 aromatic rings. The summed E-state index contributed by atoms with van der Waals surface area (Å²) in [7, 11) is 3.13. The third-order valence-electron chi connectivity index (χ3n) is 4.46. The molecule has 1 N–H and O–H groups in total. The Balaban J connectivity index is 1.69. The number of hydrogen-bond acceptors (Lipinski definition) is 5. The number of ether oxygens (including phenoxy) is 2. The Morgan fingerprint density at radius 2 is 2.04 bits per heavy atom. The van der Waals surface area contributed by atoms with Gasteiger partial charge in [0.15, 0.2) is 11.5 Å². The first kappa shape index (κ1) is 17.3. The maximum atomic E-state index is 13.0. The minimum Gasteiger partial charge on any atom is -0.493 e. The molecule has 0 saturated carbocycles. The van der Waals surface area contributed by atoms with Crippen LogP contribution in [0.5, 0.6) is 11.5 Å². The maximum absolute atomic E-state index is 13.0. The van der Waals surface area contributed by atoms with Crippen LogP contribution in [0.25, 0.3) is 0 Å². The van der Waals surface area contributed by atoms with Gasteiger partial charge in [0, 0.05) is 44.6 Å². The van der Waals surface area contributed by atoms with E-state index in [1.807, 2.05) is 17.0 Å². The Kier molecular flexibility index (Phi) is 5.55. The highest BCUT2D eigenvalue weighted by Gasteiger charge is 2.24. The van der Waals surface area contributed by atoms with E-state index in [-0.39, 0.29) is 5.91 Å². The van der Waals surface area contributed by atoms with Gasteiger partial charge in [0.1, 0.15) is 0 Å². The van der Waals surface area contributed by atoms with Crippen LogP contribution in [-0.4, -0.2) is 66.3 Å². The van der Waals surface area contributed by atoms with E-state index in [9.17, 15) is 4.79 Å². The van der Waals surface area contributed by atoms with E-state index in [0.717, 1.165) is 38.3 Å². The van der Waals surface area contributed by atoms with E-state index in [1.54, 1.807) is 32.5 Å². The van der Waals surface area contributed by atoms with Crippen molar-refractivity contribution in [2.75, 3.05) is 40.4 Å². The lowest BCUT2D eigenvalue weighted by atomic mass is 10.1. The molecule has 1 aliphatic heterocycles. The molecule has 3 rings (SSSR count). The number of H-pyrrole nitrogens is 1. The first-order valence-electron chi connectivity index (χ1n) is 8.43. The van der Waals surface area contributed by atoms with Crippen LogP contribution in [0.1, 0.15) is 22.5 Å². The number of nitrogens with one attached hydrogen (secondary N) is 1. The topological polar surface area (TPSA) is 70.7 Å². The first-order chi connectivity index (χ1) is 12.2. The smallest absolute Gasteiger partial charge is 0.257 e. The van der Waals surface area contributed by atoms with Crippen LogP contribution < -0.4 is 9.47 Å². The molecule has 134 valence electrons. The van der Waals surface area contributed by atoms with Crippen molar-refractivity contribution in [3.8, 4) is 11.5 Å². The number of rotatable bonds is 5. The molecule has 0 aliphatic carbocycles. The average molecular weight is 344 g/mol. The number of hydrogen-bond donors (Lipinski definition) is 1. The maximum Gasteiger partial charge on any atom is 0.257 e. The molecule has 1 saturated heterocycles. The third-order valence-corrected chi connectivity index (χ3v) is 4.46. The molecule has 0 bridgehead atoms. The van der Waals surface area contributed by atoms with E-state index >= 15 is 0 Å². The van der Waals surface area contributed by atoms with E-state index in [4.69, 9.17) is 9.47 Å². The lowest BCUT2D eigenvalue weighted by Crippen LogP contribution is -2.35. The van der Waals surface area contributed by atoms with Crippen molar-refractivity contribution in [2.45, 2.75) is 13.0 Å². The zero-order valence-electron chi connectivity index (χ0n) is 14.7. The first-order valence-corrected chi connectivity index (χ1v) is 8.43. The Bertz CT molecular complexity index is 702. The summed E-state index contributed by atoms with van der Waals surface area (Å²) in [5.74, 6) is 1.05. The van der Waals surface area contributed by atoms with Gasteiger partial charge in [-0.05, 0) is 24.6 Å². The van der Waals surface area contributed by atoms with Crippen molar-refractivity contribution in [1.29, 1.82) is 0 Å². The number of aromatic amines is 1. The molecule has 0 unspecified atom stereocenters. The van der Waals surface area contributed by atoms with Crippen LogP contribution in [0.2, 0.25) is 0 Å². The second-order valence-corrected chi connectivity index (χ2v) is 6.04. The van der Waals surface area contributed by atoms with Gasteiger partial charge in [-0.15, -0.1) is 0 Å². The number of amides is 1. The fourth-order valence-electron chi connectivity index (χ4n) is 3.17. The number of carbonyl (C=O) groups is 1. The quantitative estimate of drug-likeness (QED) is 0.895. The lowest BCUT2D eigenvalue weighted by molar-refractivity contribution is 0.0757. The average Bonchev–Trinajstić information content (AvgIpc) is 3.04. The highest BCUT2D eigenvalue weighted by atomic mass is 16.5. The van der Waals surface area contributed by atoms with Crippen LogP contribution in [0.4, 0.5) is 0 Å². The molecule has 7 heteroatoms. The molecule has 7 nitrogen and oxygen atoms in total. The zero-order chi connectivity index (χ0) is 17.6. The van der Waals surface area contributed by atoms with E-state index < -0.39 is 0 Å². The third kappa shape index (κ3) is 3.93. The summed E-state index contributed by atoms with van der Waals surface area (Å²) < 4.78 is 10.7. The van der Waals surface area contributed by atoms with Crippen molar-refractivity contribution in [3.63, 3.8) is 0 Å². The van der Waals surface area contributed by atoms with Gasteiger partial charge in [-0.25, -0.2) is 0 Å². The predicted octanol–water partition coefficient (Wildman–Crippen LogP) is 1.77. The molecule has 0 radical (unpaired) electrons. The van der Waals surface area contributed by atoms with Crippen molar-refractivity contribution in [1.82, 2.24) is 20.0 Å². The summed E-state index contributed by atoms with van der Waals surface area (Å²) in [5, 5.41) is 6.98. The van der Waals surface area contributed by atoms with Gasteiger partial charge in [0.05, 0.1) is 19.8 Å². The van der Waals surface area contributed by atoms with Gasteiger partial charge in [-0.3, -0.25) is 14.8 Å². The molecule has 1 amide bonds. The van der Waals surface area contributed by atoms with Crippen molar-refractivity contribution < 1.29 is 14.3 Å². The molecular formula is C18H24N4O3. The minimum atomic E-state index is -0.0147. The Labute approximate surface area is 147 Å². The fourth-order valence-corrected chi connectivity index (χ4v) is 3.17. The van der Waals surface area contributed by atoms with Gasteiger partial charge >= 0.3 is 0 Å². The zero-order valence-corrected chi connectivity index (χ0v) is 14.7. The number of para-hydroxylation sites is 1. The SMILES string of the molecule is COc1cccc(C(=O)N2CCCN(Cc3ccn[nH]3)CC2)c1OC. The van der Waals surface area contributed by atoms with Gasteiger partial charge in [0.2, 0.25) is 0 Å². The van der Waals surface area contributed by atoms with Crippen LogP contribution in [0, 0.1) is 0 Å². The summed E-state index contributed by atoms with van der Waals surface area (Å²) >= 11 is 0. The summed E-state index contributed by atoms with van der Waals surface area (Å²) in [5.41, 5.74) is 1.64. The van der Waals surface area contributed by atoms with E-state index in [1.165, 1.54) is 0 Å². The standard InChI is InChI=1S/C18H24N4O3/c1-24-16-6-3-5-15(17(16)25-2)18(23)22-10-4-9-21(11-12-22)13-14-7-8-19-20-14/h3,5-8H,4,9-13H2,1-2H3,(H,19,20). The Morgan fingerprint density at radius 1 is 1.16 bits per heavy atom. The highest BCUT2D eigenvalue weighted by Crippen LogP contribution is 2.31. The molecular weight excluding hydrogens is 320 g/mol. The number of nitrogens with zero attached hydrogens (tertiary/aromatic N) is 3. The molecule has 1 aromatic heterocycles. The summed E-state index contributed by atoms with van der Waals surface area (Å²) in [6.45, 7) is 4.03. The van der Waals surface area contributed by atoms with Crippen LogP contribution in [-0.2, 0) is 6.54 Å². The monoisotopic (exact) mass is 344 g/mol. The number of carbonyl (C=O) groups excluding carboxylic acids is 1. The normalized spacial score (nSPS) is 15.7. The van der Waals surface area contributed by atoms with E-state index in [2.05, 4.69) is 15.1 Å². The molecule has 0 atom stereocenters. The predicted molar refractivity (Wildman–Crippen MR) is 93.9 cm³/mol. The van der Waals surface area contributed by atoms with Crippen molar-refractivity contribution in [3.05, 3.63) is 41.7 Å². The Hall–Kier alpha value is -2.54. The second-order valence-electron chi connectivity index (χ2n) is 6.04. The van der Waals surface area contributed by atoms with Gasteiger partial charge in [-0.1, -0.05) is 6.07 Å². The number of aromatic nitrogens is 2. The summed E-state index contributed by atoms with van der Waals surface area (Å²) in [6, 6.07) is 7.38. The second kappa shape index (κ2) is 8.02. The molecule has 0 spiro atoms. The van der Waals surface area contributed by atoms with Crippen molar-refractivity contribution in [2.24, 2.45) is 0 Å². The van der Waals surface area contributed by atoms with Gasteiger partial charge in [0.25, 0.3) is 5.91 Å². The van der Waals surface area contributed by atoms with Crippen LogP contribution in [0.15, 0.2) is 30.5 Å². The number of benzene rings is 1. The number of methoxy groups -OCH3 is 2. The summed E-state index contributed by atoms with van der Waals surface area (Å²) in [4.78, 5) is 17.2. The van der Waals surface area contributed by atoms with Crippen molar-refractivity contribution >= 4 is 5.91 Å². The van der Waals surface area contributed by atoms with Crippen LogP contribution >= 0.6 is 0 Å².